The molecular formula is C22H17ClN2O3S. The molecule has 7 heteroatoms. The van der Waals surface area contributed by atoms with Crippen molar-refractivity contribution in [3.8, 4) is 0 Å². The van der Waals surface area contributed by atoms with Gasteiger partial charge >= 0.3 is 0 Å². The highest BCUT2D eigenvalue weighted by molar-refractivity contribution is 7.89. The molecule has 5 nitrogen and oxygen atoms in total. The molecule has 1 aliphatic heterocycles. The Kier molecular flexibility index (Phi) is 4.35. The quantitative estimate of drug-likeness (QED) is 0.492. The second-order valence-electron chi connectivity index (χ2n) is 6.83. The van der Waals surface area contributed by atoms with Gasteiger partial charge in [-0.25, -0.2) is 8.42 Å². The minimum absolute atomic E-state index is 0.197. The van der Waals surface area contributed by atoms with Crippen LogP contribution in [0.5, 0.6) is 0 Å². The SMILES string of the molecule is O=S(=O)(c1ccc(Cl)cc1)N1CCC=C(c2cccc3oc4ccccc4c23)N1. The van der Waals surface area contributed by atoms with Gasteiger partial charge in [0.15, 0.2) is 0 Å². The van der Waals surface area contributed by atoms with Gasteiger partial charge in [0.05, 0.1) is 10.6 Å². The molecule has 29 heavy (non-hydrogen) atoms. The number of furan rings is 1. The van der Waals surface area contributed by atoms with E-state index >= 15 is 0 Å². The van der Waals surface area contributed by atoms with Crippen LogP contribution < -0.4 is 5.43 Å². The van der Waals surface area contributed by atoms with Gasteiger partial charge < -0.3 is 9.84 Å². The molecule has 0 amide bonds. The summed E-state index contributed by atoms with van der Waals surface area (Å²) in [7, 11) is -3.70. The van der Waals surface area contributed by atoms with Crippen molar-refractivity contribution in [3.05, 3.63) is 83.4 Å². The fraction of sp³-hybridized carbons (Fsp3) is 0.0909. The average molecular weight is 425 g/mol. The van der Waals surface area contributed by atoms with Gasteiger partial charge in [-0.15, -0.1) is 4.41 Å². The highest BCUT2D eigenvalue weighted by Gasteiger charge is 2.28. The number of hydrogen-bond donors (Lipinski definition) is 1. The van der Waals surface area contributed by atoms with E-state index in [2.05, 4.69) is 5.43 Å². The molecule has 0 spiro atoms. The molecule has 0 aliphatic carbocycles. The summed E-state index contributed by atoms with van der Waals surface area (Å²) >= 11 is 5.90. The molecule has 0 radical (unpaired) electrons. The number of para-hydroxylation sites is 1. The number of halogens is 1. The zero-order valence-corrected chi connectivity index (χ0v) is 16.9. The van der Waals surface area contributed by atoms with Crippen molar-refractivity contribution in [1.29, 1.82) is 0 Å². The molecule has 1 aliphatic rings. The second kappa shape index (κ2) is 6.91. The van der Waals surface area contributed by atoms with Gasteiger partial charge in [0, 0.05) is 27.9 Å². The number of benzene rings is 3. The lowest BCUT2D eigenvalue weighted by atomic mass is 10.0. The fourth-order valence-corrected chi connectivity index (χ4v) is 5.07. The van der Waals surface area contributed by atoms with Crippen molar-refractivity contribution in [3.63, 3.8) is 0 Å². The van der Waals surface area contributed by atoms with Crippen molar-refractivity contribution in [1.82, 2.24) is 9.84 Å². The summed E-state index contributed by atoms with van der Waals surface area (Å²) in [6.07, 6.45) is 2.62. The maximum atomic E-state index is 13.1. The highest BCUT2D eigenvalue weighted by atomic mass is 35.5. The summed E-state index contributed by atoms with van der Waals surface area (Å²) < 4.78 is 33.4. The van der Waals surface area contributed by atoms with Crippen LogP contribution in [-0.2, 0) is 10.0 Å². The molecule has 0 bridgehead atoms. The van der Waals surface area contributed by atoms with Crippen molar-refractivity contribution in [2.45, 2.75) is 11.3 Å². The minimum Gasteiger partial charge on any atom is -0.456 e. The minimum atomic E-state index is -3.70. The Balaban J connectivity index is 1.56. The summed E-state index contributed by atoms with van der Waals surface area (Å²) in [6, 6.07) is 19.8. The van der Waals surface area contributed by atoms with Crippen LogP contribution in [0.4, 0.5) is 0 Å². The first-order valence-corrected chi connectivity index (χ1v) is 11.0. The molecule has 4 aromatic rings. The van der Waals surface area contributed by atoms with Crippen LogP contribution in [0.2, 0.25) is 5.02 Å². The number of hydrogen-bond acceptors (Lipinski definition) is 4. The topological polar surface area (TPSA) is 62.6 Å². The fourth-order valence-electron chi connectivity index (χ4n) is 3.65. The molecule has 1 N–H and O–H groups in total. The van der Waals surface area contributed by atoms with Crippen LogP contribution >= 0.6 is 11.6 Å². The standard InChI is InChI=1S/C22H17ClN2O3S/c23-15-10-12-16(13-11-15)29(26,27)25-14-4-7-19(24-25)17-6-3-9-21-22(17)18-5-1-2-8-20(18)28-21/h1-3,5-13,24H,4,14H2. The number of fused-ring (bicyclic) bond motifs is 3. The number of nitrogens with zero attached hydrogens (tertiary/aromatic N) is 1. The lowest BCUT2D eigenvalue weighted by molar-refractivity contribution is 0.363. The highest BCUT2D eigenvalue weighted by Crippen LogP contribution is 2.35. The van der Waals surface area contributed by atoms with E-state index in [1.54, 1.807) is 12.1 Å². The summed E-state index contributed by atoms with van der Waals surface area (Å²) in [5.41, 5.74) is 6.32. The van der Waals surface area contributed by atoms with Gasteiger partial charge in [-0.3, -0.25) is 0 Å². The van der Waals surface area contributed by atoms with Gasteiger partial charge in [0.2, 0.25) is 0 Å². The molecular weight excluding hydrogens is 408 g/mol. The van der Waals surface area contributed by atoms with Crippen LogP contribution in [0.15, 0.2) is 82.1 Å². The molecule has 146 valence electrons. The molecule has 3 aromatic carbocycles. The van der Waals surface area contributed by atoms with E-state index in [4.69, 9.17) is 16.0 Å². The van der Waals surface area contributed by atoms with Crippen LogP contribution in [-0.4, -0.2) is 19.4 Å². The number of hydrazine groups is 1. The summed E-state index contributed by atoms with van der Waals surface area (Å²) in [4.78, 5) is 0.197. The van der Waals surface area contributed by atoms with Gasteiger partial charge in [0.25, 0.3) is 10.0 Å². The maximum absolute atomic E-state index is 13.1. The van der Waals surface area contributed by atoms with Crippen LogP contribution in [0.25, 0.3) is 27.6 Å². The molecule has 0 saturated carbocycles. The first-order chi connectivity index (χ1) is 14.0. The number of rotatable bonds is 3. The monoisotopic (exact) mass is 424 g/mol. The normalized spacial score (nSPS) is 15.4. The third kappa shape index (κ3) is 3.09. The maximum Gasteiger partial charge on any atom is 0.259 e. The van der Waals surface area contributed by atoms with E-state index in [9.17, 15) is 8.42 Å². The van der Waals surface area contributed by atoms with Gasteiger partial charge in [-0.2, -0.15) is 0 Å². The third-order valence-electron chi connectivity index (χ3n) is 5.02. The van der Waals surface area contributed by atoms with E-state index < -0.39 is 10.0 Å². The van der Waals surface area contributed by atoms with Gasteiger partial charge in [-0.1, -0.05) is 48.0 Å². The van der Waals surface area contributed by atoms with Crippen LogP contribution in [0.3, 0.4) is 0 Å². The van der Waals surface area contributed by atoms with Gasteiger partial charge in [0.1, 0.15) is 11.2 Å². The summed E-state index contributed by atoms with van der Waals surface area (Å²) in [5.74, 6) is 0. The lowest BCUT2D eigenvalue weighted by Crippen LogP contribution is -2.44. The first-order valence-electron chi connectivity index (χ1n) is 9.20. The molecule has 0 saturated heterocycles. The second-order valence-corrected chi connectivity index (χ2v) is 9.13. The van der Waals surface area contributed by atoms with Crippen LogP contribution in [0.1, 0.15) is 12.0 Å². The van der Waals surface area contributed by atoms with Gasteiger partial charge in [-0.05, 0) is 42.8 Å². The predicted octanol–water partition coefficient (Wildman–Crippen LogP) is 5.18. The average Bonchev–Trinajstić information content (AvgIpc) is 3.13. The van der Waals surface area contributed by atoms with Crippen molar-refractivity contribution >= 4 is 49.3 Å². The Morgan fingerprint density at radius 3 is 2.52 bits per heavy atom. The predicted molar refractivity (Wildman–Crippen MR) is 115 cm³/mol. The largest absolute Gasteiger partial charge is 0.456 e. The lowest BCUT2D eigenvalue weighted by Gasteiger charge is -2.28. The third-order valence-corrected chi connectivity index (χ3v) is 6.99. The Hall–Kier alpha value is -2.80. The van der Waals surface area contributed by atoms with E-state index in [1.807, 2.05) is 48.5 Å². The molecule has 1 aromatic heterocycles. The summed E-state index contributed by atoms with van der Waals surface area (Å²) in [5, 5.41) is 2.46. The molecule has 0 fully saturated rings. The Bertz CT molecular complexity index is 1360. The Labute approximate surface area is 173 Å². The zero-order chi connectivity index (χ0) is 20.0. The Morgan fingerprint density at radius 2 is 1.69 bits per heavy atom. The van der Waals surface area contributed by atoms with Crippen molar-refractivity contribution in [2.75, 3.05) is 6.54 Å². The van der Waals surface area contributed by atoms with E-state index in [1.165, 1.54) is 16.5 Å². The molecule has 2 heterocycles. The molecule has 5 rings (SSSR count). The van der Waals surface area contributed by atoms with E-state index in [0.29, 0.717) is 18.0 Å². The van der Waals surface area contributed by atoms with E-state index in [-0.39, 0.29) is 4.90 Å². The smallest absolute Gasteiger partial charge is 0.259 e. The van der Waals surface area contributed by atoms with Crippen LogP contribution in [0, 0.1) is 0 Å². The zero-order valence-electron chi connectivity index (χ0n) is 15.3. The van der Waals surface area contributed by atoms with Crippen molar-refractivity contribution < 1.29 is 12.8 Å². The molecule has 0 atom stereocenters. The van der Waals surface area contributed by atoms with Crippen molar-refractivity contribution in [2.24, 2.45) is 0 Å². The number of nitrogens with one attached hydrogen (secondary N) is 1. The van der Waals surface area contributed by atoms with E-state index in [0.717, 1.165) is 33.2 Å². The Morgan fingerprint density at radius 1 is 0.931 bits per heavy atom. The summed E-state index contributed by atoms with van der Waals surface area (Å²) in [6.45, 7) is 0.344. The number of sulfonamides is 1. The first kappa shape index (κ1) is 18.2. The molecule has 0 unspecified atom stereocenters.